The Bertz CT molecular complexity index is 362. The summed E-state index contributed by atoms with van der Waals surface area (Å²) in [4.78, 5) is 13.3. The first-order valence-electron chi connectivity index (χ1n) is 5.56. The number of aliphatic hydroxyl groups is 1. The van der Waals surface area contributed by atoms with Crippen LogP contribution in [0.4, 0.5) is 0 Å². The van der Waals surface area contributed by atoms with Crippen molar-refractivity contribution >= 4 is 17.7 Å². The van der Waals surface area contributed by atoms with Crippen LogP contribution < -0.4 is 0 Å². The molecule has 0 heterocycles. The zero-order valence-corrected chi connectivity index (χ0v) is 11.3. The highest BCUT2D eigenvalue weighted by molar-refractivity contribution is 7.99. The van der Waals surface area contributed by atoms with Gasteiger partial charge in [-0.1, -0.05) is 24.3 Å². The molecule has 4 heteroatoms. The molecular weight excluding hydrogens is 234 g/mol. The Hall–Kier alpha value is -1.00. The highest BCUT2D eigenvalue weighted by atomic mass is 32.2. The van der Waals surface area contributed by atoms with Gasteiger partial charge in [0.2, 0.25) is 5.91 Å². The summed E-state index contributed by atoms with van der Waals surface area (Å²) in [6.45, 7) is 2.00. The lowest BCUT2D eigenvalue weighted by Crippen LogP contribution is -2.29. The fourth-order valence-electron chi connectivity index (χ4n) is 1.40. The molecule has 0 aliphatic carbocycles. The summed E-state index contributed by atoms with van der Waals surface area (Å²) < 4.78 is 0. The van der Waals surface area contributed by atoms with Crippen molar-refractivity contribution in [2.75, 3.05) is 14.1 Å². The van der Waals surface area contributed by atoms with Gasteiger partial charge in [-0.2, -0.15) is 0 Å². The van der Waals surface area contributed by atoms with Crippen molar-refractivity contribution in [1.82, 2.24) is 4.90 Å². The van der Waals surface area contributed by atoms with Crippen molar-refractivity contribution in [3.8, 4) is 0 Å². The zero-order chi connectivity index (χ0) is 12.8. The first-order valence-corrected chi connectivity index (χ1v) is 6.61. The van der Waals surface area contributed by atoms with Crippen LogP contribution in [0.3, 0.4) is 0 Å². The predicted octanol–water partition coefficient (Wildman–Crippen LogP) is 1.89. The Kier molecular flexibility index (Phi) is 5.51. The number of thioether (sulfide) groups is 1. The topological polar surface area (TPSA) is 40.5 Å². The smallest absolute Gasteiger partial charge is 0.234 e. The number of nitrogens with zero attached hydrogens (tertiary/aromatic N) is 1. The summed E-state index contributed by atoms with van der Waals surface area (Å²) in [5.74, 6) is 0.953. The van der Waals surface area contributed by atoms with E-state index in [0.29, 0.717) is 0 Å². The Labute approximate surface area is 107 Å². The van der Waals surface area contributed by atoms with Gasteiger partial charge in [-0.25, -0.2) is 0 Å². The van der Waals surface area contributed by atoms with Crippen LogP contribution in [0.1, 0.15) is 18.1 Å². The summed E-state index contributed by atoms with van der Waals surface area (Å²) in [5, 5.41) is 8.90. The molecule has 0 saturated carbocycles. The maximum absolute atomic E-state index is 11.6. The highest BCUT2D eigenvalue weighted by Crippen LogP contribution is 2.19. The summed E-state index contributed by atoms with van der Waals surface area (Å²) in [6.07, 6.45) is 0. The lowest BCUT2D eigenvalue weighted by molar-refractivity contribution is -0.127. The number of carbonyl (C=O) groups is 1. The van der Waals surface area contributed by atoms with Gasteiger partial charge in [0.25, 0.3) is 0 Å². The summed E-state index contributed by atoms with van der Waals surface area (Å²) in [5.41, 5.74) is 2.08. The molecule has 1 N–H and O–H groups in total. The van der Waals surface area contributed by atoms with Crippen molar-refractivity contribution in [3.63, 3.8) is 0 Å². The van der Waals surface area contributed by atoms with E-state index in [4.69, 9.17) is 5.11 Å². The lowest BCUT2D eigenvalue weighted by atomic mass is 10.2. The molecule has 0 aliphatic rings. The first kappa shape index (κ1) is 14.1. The average molecular weight is 253 g/mol. The van der Waals surface area contributed by atoms with Crippen LogP contribution in [0.2, 0.25) is 0 Å². The van der Waals surface area contributed by atoms with E-state index in [9.17, 15) is 4.79 Å². The third-order valence-electron chi connectivity index (χ3n) is 2.49. The molecule has 0 fully saturated rings. The first-order chi connectivity index (χ1) is 8.04. The molecule has 0 spiro atoms. The van der Waals surface area contributed by atoms with E-state index in [0.717, 1.165) is 11.3 Å². The van der Waals surface area contributed by atoms with Gasteiger partial charge in [-0.15, -0.1) is 11.8 Å². The second-order valence-corrected chi connectivity index (χ2v) is 5.49. The van der Waals surface area contributed by atoms with Crippen LogP contribution in [-0.2, 0) is 17.2 Å². The van der Waals surface area contributed by atoms with Crippen LogP contribution in [0, 0.1) is 0 Å². The Morgan fingerprint density at radius 3 is 2.29 bits per heavy atom. The minimum absolute atomic E-state index is 0.0254. The summed E-state index contributed by atoms with van der Waals surface area (Å²) in [7, 11) is 3.55. The second kappa shape index (κ2) is 6.67. The molecule has 1 atom stereocenters. The number of hydrogen-bond acceptors (Lipinski definition) is 3. The van der Waals surface area contributed by atoms with Gasteiger partial charge in [0.05, 0.1) is 11.9 Å². The molecule has 0 saturated heterocycles. The van der Waals surface area contributed by atoms with Gasteiger partial charge in [0.15, 0.2) is 0 Å². The lowest BCUT2D eigenvalue weighted by Gasteiger charge is -2.16. The van der Waals surface area contributed by atoms with E-state index in [-0.39, 0.29) is 17.8 Å². The average Bonchev–Trinajstić information content (AvgIpc) is 2.35. The minimum atomic E-state index is -0.0254. The molecule has 94 valence electrons. The maximum Gasteiger partial charge on any atom is 0.234 e. The quantitative estimate of drug-likeness (QED) is 0.871. The molecule has 1 aromatic rings. The summed E-state index contributed by atoms with van der Waals surface area (Å²) in [6, 6.07) is 7.81. The standard InChI is InChI=1S/C13H19NO2S/c1-10(13(16)14(2)3)17-9-12-6-4-11(8-15)5-7-12/h4-7,10,15H,8-9H2,1-3H3. The van der Waals surface area contributed by atoms with Gasteiger partial charge in [0.1, 0.15) is 0 Å². The highest BCUT2D eigenvalue weighted by Gasteiger charge is 2.14. The molecule has 0 aliphatic heterocycles. The maximum atomic E-state index is 11.6. The molecule has 0 radical (unpaired) electrons. The second-order valence-electron chi connectivity index (χ2n) is 4.16. The Morgan fingerprint density at radius 2 is 1.82 bits per heavy atom. The molecule has 0 bridgehead atoms. The van der Waals surface area contributed by atoms with Crippen LogP contribution in [0.15, 0.2) is 24.3 Å². The minimum Gasteiger partial charge on any atom is -0.392 e. The third-order valence-corrected chi connectivity index (χ3v) is 3.70. The van der Waals surface area contributed by atoms with Crippen molar-refractivity contribution in [2.24, 2.45) is 0 Å². The predicted molar refractivity (Wildman–Crippen MR) is 71.8 cm³/mol. The van der Waals surface area contributed by atoms with Gasteiger partial charge in [-0.3, -0.25) is 4.79 Å². The van der Waals surface area contributed by atoms with E-state index in [1.807, 2.05) is 31.2 Å². The van der Waals surface area contributed by atoms with E-state index in [2.05, 4.69) is 0 Å². The van der Waals surface area contributed by atoms with Crippen molar-refractivity contribution in [1.29, 1.82) is 0 Å². The Morgan fingerprint density at radius 1 is 1.29 bits per heavy atom. The van der Waals surface area contributed by atoms with E-state index < -0.39 is 0 Å². The Balaban J connectivity index is 2.47. The third kappa shape index (κ3) is 4.40. The molecule has 1 unspecified atom stereocenters. The van der Waals surface area contributed by atoms with Crippen LogP contribution >= 0.6 is 11.8 Å². The molecule has 3 nitrogen and oxygen atoms in total. The number of amides is 1. The number of carbonyl (C=O) groups excluding carboxylic acids is 1. The van der Waals surface area contributed by atoms with E-state index in [1.54, 1.807) is 30.8 Å². The number of rotatable bonds is 5. The largest absolute Gasteiger partial charge is 0.392 e. The molecule has 1 aromatic carbocycles. The normalized spacial score (nSPS) is 12.2. The van der Waals surface area contributed by atoms with Crippen LogP contribution in [0.25, 0.3) is 0 Å². The number of aliphatic hydroxyl groups excluding tert-OH is 1. The molecule has 17 heavy (non-hydrogen) atoms. The van der Waals surface area contributed by atoms with Crippen LogP contribution in [-0.4, -0.2) is 35.3 Å². The van der Waals surface area contributed by atoms with Gasteiger partial charge in [0, 0.05) is 19.8 Å². The zero-order valence-electron chi connectivity index (χ0n) is 10.5. The number of hydrogen-bond donors (Lipinski definition) is 1. The fourth-order valence-corrected chi connectivity index (χ4v) is 2.39. The summed E-state index contributed by atoms with van der Waals surface area (Å²) >= 11 is 1.63. The van der Waals surface area contributed by atoms with Gasteiger partial charge < -0.3 is 10.0 Å². The van der Waals surface area contributed by atoms with E-state index in [1.165, 1.54) is 5.56 Å². The molecular formula is C13H19NO2S. The van der Waals surface area contributed by atoms with E-state index >= 15 is 0 Å². The van der Waals surface area contributed by atoms with Crippen molar-refractivity contribution in [2.45, 2.75) is 24.5 Å². The van der Waals surface area contributed by atoms with Crippen molar-refractivity contribution in [3.05, 3.63) is 35.4 Å². The SMILES string of the molecule is CC(SCc1ccc(CO)cc1)C(=O)N(C)C. The van der Waals surface area contributed by atoms with Crippen molar-refractivity contribution < 1.29 is 9.90 Å². The van der Waals surface area contributed by atoms with Gasteiger partial charge >= 0.3 is 0 Å². The number of benzene rings is 1. The molecule has 0 aromatic heterocycles. The van der Waals surface area contributed by atoms with Gasteiger partial charge in [-0.05, 0) is 18.1 Å². The monoisotopic (exact) mass is 253 g/mol. The molecule has 1 amide bonds. The molecule has 1 rings (SSSR count). The fraction of sp³-hybridized carbons (Fsp3) is 0.462. The van der Waals surface area contributed by atoms with Crippen LogP contribution in [0.5, 0.6) is 0 Å².